The number of hydrogen-bond acceptors (Lipinski definition) is 9. The second-order valence-corrected chi connectivity index (χ2v) is 13.1. The van der Waals surface area contributed by atoms with Crippen LogP contribution in [0.15, 0.2) is 82.6 Å². The van der Waals surface area contributed by atoms with Crippen LogP contribution in [-0.4, -0.2) is 70.4 Å². The Balaban J connectivity index is 1.47. The molecule has 3 aromatic carbocycles. The molecular weight excluding hydrogens is 510 g/mol. The van der Waals surface area contributed by atoms with Crippen molar-refractivity contribution < 1.29 is 16.8 Å². The number of nitrogens with zero attached hydrogens (tertiary/aromatic N) is 3. The lowest BCUT2D eigenvalue weighted by atomic mass is 10.1. The van der Waals surface area contributed by atoms with Crippen molar-refractivity contribution in [2.24, 2.45) is 0 Å². The zero-order chi connectivity index (χ0) is 26.6. The third-order valence-electron chi connectivity index (χ3n) is 5.87. The zero-order valence-electron chi connectivity index (χ0n) is 20.6. The summed E-state index contributed by atoms with van der Waals surface area (Å²) in [6.07, 6.45) is 1.23. The number of nitrogen functional groups attached to an aromatic ring is 1. The van der Waals surface area contributed by atoms with E-state index in [4.69, 9.17) is 5.73 Å². The first-order valence-electron chi connectivity index (χ1n) is 11.6. The van der Waals surface area contributed by atoms with Crippen molar-refractivity contribution in [3.05, 3.63) is 72.8 Å². The third kappa shape index (κ3) is 6.62. The van der Waals surface area contributed by atoms with Crippen LogP contribution < -0.4 is 11.1 Å². The minimum Gasteiger partial charge on any atom is -0.384 e. The van der Waals surface area contributed by atoms with Crippen molar-refractivity contribution in [1.29, 1.82) is 0 Å². The highest BCUT2D eigenvalue weighted by Crippen LogP contribution is 2.27. The van der Waals surface area contributed by atoms with Gasteiger partial charge in [-0.2, -0.15) is 0 Å². The molecule has 37 heavy (non-hydrogen) atoms. The molecule has 3 N–H and O–H groups in total. The molecule has 0 spiro atoms. The van der Waals surface area contributed by atoms with Gasteiger partial charge in [0.2, 0.25) is 9.84 Å². The summed E-state index contributed by atoms with van der Waals surface area (Å²) in [6.45, 7) is 1.78. The fraction of sp³-hybridized carbons (Fsp3) is 0.231. The van der Waals surface area contributed by atoms with Gasteiger partial charge in [-0.25, -0.2) is 26.8 Å². The van der Waals surface area contributed by atoms with E-state index < -0.39 is 19.7 Å². The Morgan fingerprint density at radius 1 is 0.865 bits per heavy atom. The molecule has 0 saturated carbocycles. The molecule has 0 aliphatic carbocycles. The molecule has 4 rings (SSSR count). The summed E-state index contributed by atoms with van der Waals surface area (Å²) >= 11 is 0. The molecule has 0 amide bonds. The van der Waals surface area contributed by atoms with Crippen LogP contribution in [0.1, 0.15) is 0 Å². The largest absolute Gasteiger partial charge is 0.384 e. The Morgan fingerprint density at radius 3 is 2.22 bits per heavy atom. The fourth-order valence-corrected chi connectivity index (χ4v) is 5.66. The Morgan fingerprint density at radius 2 is 1.54 bits per heavy atom. The van der Waals surface area contributed by atoms with E-state index in [0.29, 0.717) is 47.7 Å². The molecule has 4 aromatic rings. The maximum Gasteiger partial charge on any atom is 0.206 e. The Kier molecular flexibility index (Phi) is 7.76. The number of likely N-dealkylation sites (N-methyl/N-ethyl adjacent to an activating group) is 1. The number of aromatic nitrogens is 2. The number of sulfone groups is 2. The van der Waals surface area contributed by atoms with Crippen molar-refractivity contribution in [3.63, 3.8) is 0 Å². The first-order valence-corrected chi connectivity index (χ1v) is 15.2. The first-order chi connectivity index (χ1) is 17.5. The summed E-state index contributed by atoms with van der Waals surface area (Å²) in [5, 5.41) is 4.01. The van der Waals surface area contributed by atoms with E-state index in [1.807, 2.05) is 30.1 Å². The number of nitrogens with two attached hydrogens (primary N) is 1. The first kappa shape index (κ1) is 26.5. The summed E-state index contributed by atoms with van der Waals surface area (Å²) in [6, 6.07) is 20.3. The van der Waals surface area contributed by atoms with Gasteiger partial charge in [-0.1, -0.05) is 18.2 Å². The maximum absolute atomic E-state index is 12.8. The molecule has 1 aromatic heterocycles. The van der Waals surface area contributed by atoms with Crippen molar-refractivity contribution in [1.82, 2.24) is 14.9 Å². The van der Waals surface area contributed by atoms with Crippen LogP contribution in [0.5, 0.6) is 0 Å². The summed E-state index contributed by atoms with van der Waals surface area (Å²) in [4.78, 5) is 11.4. The van der Waals surface area contributed by atoms with Gasteiger partial charge in [0, 0.05) is 42.5 Å². The van der Waals surface area contributed by atoms with Crippen LogP contribution in [0.2, 0.25) is 0 Å². The van der Waals surface area contributed by atoms with Crippen molar-refractivity contribution in [3.8, 4) is 11.4 Å². The van der Waals surface area contributed by atoms with Crippen LogP contribution in [0, 0.1) is 0 Å². The van der Waals surface area contributed by atoms with Gasteiger partial charge in [0.15, 0.2) is 5.82 Å². The molecule has 1 heterocycles. The number of fused-ring (bicyclic) bond motifs is 1. The standard InChI is InChI=1S/C26H29N5O4S2/c1-31(16-17-36(2,32)33)15-14-28-20-10-13-24-23(18-20)25(27)30-26(29-24)19-8-11-22(12-9-19)37(34,35)21-6-4-3-5-7-21/h3-13,18,28H,14-17H2,1-2H3,(H2,27,29,30). The highest BCUT2D eigenvalue weighted by Gasteiger charge is 2.17. The van der Waals surface area contributed by atoms with Crippen molar-refractivity contribution >= 4 is 42.1 Å². The highest BCUT2D eigenvalue weighted by molar-refractivity contribution is 7.91. The topological polar surface area (TPSA) is 135 Å². The van der Waals surface area contributed by atoms with E-state index in [2.05, 4.69) is 15.3 Å². The second-order valence-electron chi connectivity index (χ2n) is 8.87. The molecule has 0 bridgehead atoms. The number of anilines is 2. The average molecular weight is 540 g/mol. The fourth-order valence-electron chi connectivity index (χ4n) is 3.73. The van der Waals surface area contributed by atoms with Gasteiger partial charge in [-0.05, 0) is 61.6 Å². The molecule has 9 nitrogen and oxygen atoms in total. The van der Waals surface area contributed by atoms with Gasteiger partial charge in [0.25, 0.3) is 0 Å². The molecule has 0 radical (unpaired) electrons. The van der Waals surface area contributed by atoms with Crippen LogP contribution in [-0.2, 0) is 19.7 Å². The summed E-state index contributed by atoms with van der Waals surface area (Å²) in [7, 11) is -4.72. The SMILES string of the molecule is CN(CCNc1ccc2nc(-c3ccc(S(=O)(=O)c4ccccc4)cc3)nc(N)c2c1)CCS(C)(=O)=O. The van der Waals surface area contributed by atoms with Crippen LogP contribution >= 0.6 is 0 Å². The van der Waals surface area contributed by atoms with Gasteiger partial charge < -0.3 is 16.0 Å². The highest BCUT2D eigenvalue weighted by atomic mass is 32.2. The quantitative estimate of drug-likeness (QED) is 0.312. The predicted molar refractivity (Wildman–Crippen MR) is 147 cm³/mol. The van der Waals surface area contributed by atoms with E-state index in [9.17, 15) is 16.8 Å². The zero-order valence-corrected chi connectivity index (χ0v) is 22.3. The monoisotopic (exact) mass is 539 g/mol. The number of benzene rings is 3. The van der Waals surface area contributed by atoms with Gasteiger partial charge >= 0.3 is 0 Å². The van der Waals surface area contributed by atoms with E-state index in [-0.39, 0.29) is 15.5 Å². The van der Waals surface area contributed by atoms with Gasteiger partial charge in [-0.15, -0.1) is 0 Å². The van der Waals surface area contributed by atoms with Gasteiger partial charge in [0.1, 0.15) is 15.7 Å². The molecule has 0 saturated heterocycles. The number of hydrogen-bond donors (Lipinski definition) is 2. The minimum atomic E-state index is -3.61. The smallest absolute Gasteiger partial charge is 0.206 e. The molecule has 0 fully saturated rings. The van der Waals surface area contributed by atoms with Crippen LogP contribution in [0.3, 0.4) is 0 Å². The lowest BCUT2D eigenvalue weighted by Crippen LogP contribution is -2.29. The van der Waals surface area contributed by atoms with Gasteiger partial charge in [0.05, 0.1) is 21.1 Å². The van der Waals surface area contributed by atoms with E-state index in [1.54, 1.807) is 54.6 Å². The summed E-state index contributed by atoms with van der Waals surface area (Å²) in [5.74, 6) is 0.845. The second kappa shape index (κ2) is 10.8. The normalized spacial score (nSPS) is 12.2. The maximum atomic E-state index is 12.8. The van der Waals surface area contributed by atoms with E-state index in [1.165, 1.54) is 6.26 Å². The van der Waals surface area contributed by atoms with Crippen molar-refractivity contribution in [2.75, 3.05) is 49.7 Å². The lowest BCUT2D eigenvalue weighted by molar-refractivity contribution is 0.367. The van der Waals surface area contributed by atoms with Crippen LogP contribution in [0.25, 0.3) is 22.3 Å². The van der Waals surface area contributed by atoms with E-state index >= 15 is 0 Å². The number of rotatable bonds is 10. The lowest BCUT2D eigenvalue weighted by Gasteiger charge is -2.17. The number of nitrogens with one attached hydrogen (secondary N) is 1. The van der Waals surface area contributed by atoms with Crippen molar-refractivity contribution in [2.45, 2.75) is 9.79 Å². The average Bonchev–Trinajstić information content (AvgIpc) is 2.88. The minimum absolute atomic E-state index is 0.126. The molecule has 11 heteroatoms. The Hall–Kier alpha value is -3.54. The molecular formula is C26H29N5O4S2. The van der Waals surface area contributed by atoms with Gasteiger partial charge in [-0.3, -0.25) is 0 Å². The molecule has 0 aliphatic heterocycles. The van der Waals surface area contributed by atoms with E-state index in [0.717, 1.165) is 5.69 Å². The third-order valence-corrected chi connectivity index (χ3v) is 8.58. The Labute approximate surface area is 217 Å². The molecule has 0 atom stereocenters. The predicted octanol–water partition coefficient (Wildman–Crippen LogP) is 3.10. The molecule has 0 aliphatic rings. The molecule has 0 unspecified atom stereocenters. The van der Waals surface area contributed by atoms with Crippen LogP contribution in [0.4, 0.5) is 11.5 Å². The molecule has 194 valence electrons. The summed E-state index contributed by atoms with van der Waals surface area (Å²) in [5.41, 5.74) is 8.42. The Bertz CT molecular complexity index is 1610. The summed E-state index contributed by atoms with van der Waals surface area (Å²) < 4.78 is 48.3.